The second-order valence-electron chi connectivity index (χ2n) is 6.23. The molecule has 0 aromatic heterocycles. The van der Waals surface area contributed by atoms with Crippen molar-refractivity contribution in [1.82, 2.24) is 0 Å². The summed E-state index contributed by atoms with van der Waals surface area (Å²) in [5.74, 6) is 1.98. The van der Waals surface area contributed by atoms with Crippen LogP contribution in [0.3, 0.4) is 0 Å². The molecule has 3 nitrogen and oxygen atoms in total. The number of nitrogens with two attached hydrogens (primary N) is 1. The molecule has 1 atom stereocenters. The first-order valence-corrected chi connectivity index (χ1v) is 10.6. The van der Waals surface area contributed by atoms with E-state index >= 15 is 0 Å². The summed E-state index contributed by atoms with van der Waals surface area (Å²) >= 11 is 9.81. The van der Waals surface area contributed by atoms with E-state index in [0.717, 1.165) is 53.2 Å². The lowest BCUT2D eigenvalue weighted by atomic mass is 9.83. The highest BCUT2D eigenvalue weighted by atomic mass is 35.5. The first-order chi connectivity index (χ1) is 12.0. The average molecular weight is 390 g/mol. The van der Waals surface area contributed by atoms with Gasteiger partial charge in [0.25, 0.3) is 0 Å². The molecule has 0 bridgehead atoms. The monoisotopic (exact) mass is 389 g/mol. The minimum absolute atomic E-state index is 0.301. The van der Waals surface area contributed by atoms with Gasteiger partial charge in [0.1, 0.15) is 0 Å². The Hall–Kier alpha value is -1.35. The number of hydrogen-bond donors (Lipinski definition) is 1. The maximum Gasteiger partial charge on any atom is 0.154 e. The molecule has 0 aliphatic carbocycles. The van der Waals surface area contributed by atoms with Crippen molar-refractivity contribution in [3.63, 3.8) is 0 Å². The zero-order chi connectivity index (χ0) is 17.9. The Kier molecular flexibility index (Phi) is 5.83. The van der Waals surface area contributed by atoms with Crippen LogP contribution in [-0.2, 0) is 0 Å². The summed E-state index contributed by atoms with van der Waals surface area (Å²) in [6, 6.07) is 7.57. The molecule has 130 valence electrons. The molecule has 0 fully saturated rings. The maximum absolute atomic E-state index is 9.21. The number of benzene rings is 1. The molecule has 0 saturated heterocycles. The Morgan fingerprint density at radius 1 is 1.24 bits per heavy atom. The highest BCUT2D eigenvalue weighted by Gasteiger charge is 2.35. The highest BCUT2D eigenvalue weighted by molar-refractivity contribution is 8.13. The van der Waals surface area contributed by atoms with Crippen LogP contribution in [0.4, 0.5) is 0 Å². The Balaban J connectivity index is 2.05. The summed E-state index contributed by atoms with van der Waals surface area (Å²) < 4.78 is 0. The first-order valence-electron chi connectivity index (χ1n) is 8.26. The number of nitriles is 1. The fraction of sp³-hybridized carbons (Fsp3) is 0.368. The molecule has 0 amide bonds. The summed E-state index contributed by atoms with van der Waals surface area (Å²) in [7, 11) is 0. The quantitative estimate of drug-likeness (QED) is 0.715. The van der Waals surface area contributed by atoms with Gasteiger partial charge < -0.3 is 5.73 Å². The lowest BCUT2D eigenvalue weighted by molar-refractivity contribution is 0.442. The van der Waals surface area contributed by atoms with Gasteiger partial charge in [-0.3, -0.25) is 4.99 Å². The van der Waals surface area contributed by atoms with Gasteiger partial charge in [0, 0.05) is 21.2 Å². The molecule has 2 aliphatic rings. The van der Waals surface area contributed by atoms with E-state index in [1.54, 1.807) is 35.7 Å². The molecule has 3 rings (SSSR count). The minimum Gasteiger partial charge on any atom is -0.379 e. The summed E-state index contributed by atoms with van der Waals surface area (Å²) in [4.78, 5) is 5.86. The van der Waals surface area contributed by atoms with Crippen LogP contribution in [0.25, 0.3) is 4.91 Å². The predicted octanol–water partition coefficient (Wildman–Crippen LogP) is 5.22. The Morgan fingerprint density at radius 2 is 2.08 bits per heavy atom. The Morgan fingerprint density at radius 3 is 2.84 bits per heavy atom. The average Bonchev–Trinajstić information content (AvgIpc) is 2.67. The van der Waals surface area contributed by atoms with E-state index < -0.39 is 0 Å². The normalized spacial score (nSPS) is 26.6. The minimum atomic E-state index is -0.301. The van der Waals surface area contributed by atoms with E-state index in [0.29, 0.717) is 15.8 Å². The molecule has 25 heavy (non-hydrogen) atoms. The lowest BCUT2D eigenvalue weighted by Gasteiger charge is -2.34. The van der Waals surface area contributed by atoms with Crippen molar-refractivity contribution in [2.45, 2.75) is 31.2 Å². The van der Waals surface area contributed by atoms with Gasteiger partial charge in [0.2, 0.25) is 0 Å². The SMILES string of the molecule is C=C1/C=C(/c2cc(C#N)ccc2Cl)SCCCCC12CCSC(N)=N2. The molecule has 2 aliphatic heterocycles. The second kappa shape index (κ2) is 7.90. The fourth-order valence-electron chi connectivity index (χ4n) is 3.17. The molecule has 2 heterocycles. The van der Waals surface area contributed by atoms with Crippen molar-refractivity contribution in [1.29, 1.82) is 5.26 Å². The molecule has 1 spiro atoms. The topological polar surface area (TPSA) is 62.2 Å². The van der Waals surface area contributed by atoms with Gasteiger partial charge in [-0.1, -0.05) is 29.9 Å². The highest BCUT2D eigenvalue weighted by Crippen LogP contribution is 2.42. The molecular formula is C19H20ClN3S2. The van der Waals surface area contributed by atoms with Crippen molar-refractivity contribution < 1.29 is 0 Å². The van der Waals surface area contributed by atoms with Crippen molar-refractivity contribution in [2.24, 2.45) is 10.7 Å². The molecule has 1 aromatic rings. The fourth-order valence-corrected chi connectivity index (χ4v) is 5.45. The Labute approximate surface area is 162 Å². The van der Waals surface area contributed by atoms with E-state index in [1.807, 2.05) is 6.07 Å². The standard InChI is InChI=1S/C19H20ClN3S2/c1-13-10-17(15-11-14(12-21)4-5-16(15)20)24-8-3-2-6-19(13)7-9-25-18(22)23-19/h4-5,10-11H,1-3,6-9H2,(H2,22,23)/b17-10-. The van der Waals surface area contributed by atoms with Gasteiger partial charge in [-0.15, -0.1) is 11.8 Å². The molecule has 6 heteroatoms. The third kappa shape index (κ3) is 4.08. The van der Waals surface area contributed by atoms with Gasteiger partial charge in [-0.25, -0.2) is 0 Å². The van der Waals surface area contributed by atoms with E-state index in [2.05, 4.69) is 18.7 Å². The summed E-state index contributed by atoms with van der Waals surface area (Å²) in [5.41, 5.74) is 8.22. The maximum atomic E-state index is 9.21. The van der Waals surface area contributed by atoms with Gasteiger partial charge >= 0.3 is 0 Å². The lowest BCUT2D eigenvalue weighted by Crippen LogP contribution is -2.35. The third-order valence-corrected chi connectivity index (χ3v) is 6.86. The Bertz CT molecular complexity index is 794. The molecule has 1 aromatic carbocycles. The van der Waals surface area contributed by atoms with Crippen molar-refractivity contribution in [3.05, 3.63) is 52.6 Å². The van der Waals surface area contributed by atoms with Crippen LogP contribution in [0.15, 0.2) is 41.4 Å². The number of aliphatic imine (C=N–C) groups is 1. The molecule has 0 saturated carbocycles. The van der Waals surface area contributed by atoms with E-state index in [1.165, 1.54) is 0 Å². The molecule has 1 unspecified atom stereocenters. The molecular weight excluding hydrogens is 370 g/mol. The summed E-state index contributed by atoms with van der Waals surface area (Å²) in [5, 5.41) is 10.5. The number of amidine groups is 1. The van der Waals surface area contributed by atoms with E-state index in [9.17, 15) is 5.26 Å². The van der Waals surface area contributed by atoms with Crippen molar-refractivity contribution in [2.75, 3.05) is 11.5 Å². The van der Waals surface area contributed by atoms with Crippen LogP contribution in [0, 0.1) is 11.3 Å². The van der Waals surface area contributed by atoms with E-state index in [4.69, 9.17) is 22.3 Å². The van der Waals surface area contributed by atoms with Crippen LogP contribution in [0.1, 0.15) is 36.8 Å². The first kappa shape index (κ1) is 18.4. The molecule has 2 N–H and O–H groups in total. The van der Waals surface area contributed by atoms with Gasteiger partial charge in [0.05, 0.1) is 17.2 Å². The zero-order valence-corrected chi connectivity index (χ0v) is 16.3. The van der Waals surface area contributed by atoms with Crippen LogP contribution in [0.2, 0.25) is 5.02 Å². The number of halogens is 1. The van der Waals surface area contributed by atoms with Crippen molar-refractivity contribution in [3.8, 4) is 6.07 Å². The van der Waals surface area contributed by atoms with Crippen LogP contribution >= 0.6 is 35.1 Å². The van der Waals surface area contributed by atoms with Gasteiger partial charge in [0.15, 0.2) is 5.17 Å². The second-order valence-corrected chi connectivity index (χ2v) is 8.89. The third-order valence-electron chi connectivity index (χ3n) is 4.60. The smallest absolute Gasteiger partial charge is 0.154 e. The van der Waals surface area contributed by atoms with Crippen LogP contribution in [-0.4, -0.2) is 22.2 Å². The largest absolute Gasteiger partial charge is 0.379 e. The summed E-state index contributed by atoms with van der Waals surface area (Å²) in [6.07, 6.45) is 6.24. The molecule has 0 radical (unpaired) electrons. The van der Waals surface area contributed by atoms with Crippen LogP contribution < -0.4 is 5.73 Å². The number of thioether (sulfide) groups is 2. The van der Waals surface area contributed by atoms with E-state index in [-0.39, 0.29) is 5.54 Å². The number of hydrogen-bond acceptors (Lipinski definition) is 5. The number of rotatable bonds is 1. The van der Waals surface area contributed by atoms with Gasteiger partial charge in [-0.05, 0) is 61.3 Å². The zero-order valence-electron chi connectivity index (χ0n) is 13.9. The number of nitrogens with zero attached hydrogens (tertiary/aromatic N) is 2. The predicted molar refractivity (Wildman–Crippen MR) is 111 cm³/mol. The van der Waals surface area contributed by atoms with Gasteiger partial charge in [-0.2, -0.15) is 5.26 Å². The summed E-state index contributed by atoms with van der Waals surface area (Å²) in [6.45, 7) is 4.35. The van der Waals surface area contributed by atoms with Crippen molar-refractivity contribution >= 4 is 45.2 Å². The van der Waals surface area contributed by atoms with Crippen LogP contribution in [0.5, 0.6) is 0 Å².